The first-order valence-electron chi connectivity index (χ1n) is 27.5. The Hall–Kier alpha value is -4.00. The van der Waals surface area contributed by atoms with E-state index in [-0.39, 0.29) is 36.3 Å². The second-order valence-electron chi connectivity index (χ2n) is 24.3. The van der Waals surface area contributed by atoms with Crippen molar-refractivity contribution in [1.82, 2.24) is 0 Å². The van der Waals surface area contributed by atoms with Gasteiger partial charge in [0, 0.05) is 0 Å². The number of benzene rings is 4. The molecule has 4 rings (SSSR count). The zero-order valence-electron chi connectivity index (χ0n) is 51.2. The molecule has 4 unspecified atom stereocenters. The first-order chi connectivity index (χ1) is 33.2. The quantitative estimate of drug-likeness (QED) is 0.0990. The Morgan fingerprint density at radius 1 is 0.356 bits per heavy atom. The minimum absolute atomic E-state index is 0. The van der Waals surface area contributed by atoms with Gasteiger partial charge in [0.2, 0.25) is 0 Å². The summed E-state index contributed by atoms with van der Waals surface area (Å²) in [6, 6.07) is 21.5. The molecule has 0 bridgehead atoms. The molecule has 4 aromatic carbocycles. The van der Waals surface area contributed by atoms with Gasteiger partial charge in [-0.25, -0.2) is 0 Å². The Morgan fingerprint density at radius 2 is 0.644 bits per heavy atom. The number of ether oxygens (including phenoxy) is 6. The Balaban J connectivity index is 0.000000943. The number of aryl methyl sites for hydroxylation is 6. The predicted octanol–water partition coefficient (Wildman–Crippen LogP) is 20.4. The van der Waals surface area contributed by atoms with Crippen LogP contribution in [0.15, 0.2) is 60.7 Å². The fourth-order valence-electron chi connectivity index (χ4n) is 8.15. The average molecular weight is 1010 g/mol. The van der Waals surface area contributed by atoms with Crippen molar-refractivity contribution in [2.75, 3.05) is 26.4 Å². The highest BCUT2D eigenvalue weighted by molar-refractivity contribution is 5.44. The summed E-state index contributed by atoms with van der Waals surface area (Å²) in [5.74, 6) is 5.06. The molecule has 416 valence electrons. The highest BCUT2D eigenvalue weighted by Crippen LogP contribution is 2.39. The summed E-state index contributed by atoms with van der Waals surface area (Å²) >= 11 is 0. The maximum Gasteiger partial charge on any atom is 0.122 e. The molecule has 0 aliphatic rings. The second-order valence-corrected chi connectivity index (χ2v) is 24.3. The molecule has 0 fully saturated rings. The van der Waals surface area contributed by atoms with E-state index in [1.54, 1.807) is 0 Å². The molecular formula is C67H112O6. The molecule has 4 aromatic rings. The molecule has 0 saturated heterocycles. The zero-order valence-corrected chi connectivity index (χ0v) is 51.2. The van der Waals surface area contributed by atoms with E-state index in [0.29, 0.717) is 17.3 Å². The standard InChI is InChI=1S/C17H28O2.C17H28O.C16H26O2.C16H26O.CH4/c1-8-9-18-16-11-12(2)15(10-13(16)3)14(4)19-17(5,6)7;1-8-9-18-16-11-12(2)15(10-13(16)3)14(4)17(5,6)7;1-7-10-17-14-9-8-12(2)15(11-14)13(3)18-16(4,5)6;1-7-10-17-14-9-8-12(2)15(11-14)13(3)16(4,5)6;/h10-11,14H,8-9H2,1-7H3;10-11,14H,8-9H2,1-7H3;8-9,11,13H,7,10H2,1-6H3;8-9,11,13H,7,10H2,1-6H3;1H4. The fourth-order valence-corrected chi connectivity index (χ4v) is 8.15. The molecule has 0 saturated carbocycles. The number of hydrogen-bond acceptors (Lipinski definition) is 6. The lowest BCUT2D eigenvalue weighted by atomic mass is 9.76. The highest BCUT2D eigenvalue weighted by Gasteiger charge is 2.25. The van der Waals surface area contributed by atoms with Gasteiger partial charge in [-0.3, -0.25) is 0 Å². The van der Waals surface area contributed by atoms with Gasteiger partial charge in [0.1, 0.15) is 23.0 Å². The van der Waals surface area contributed by atoms with Crippen molar-refractivity contribution in [3.05, 3.63) is 116 Å². The van der Waals surface area contributed by atoms with Crippen molar-refractivity contribution < 1.29 is 28.4 Å². The lowest BCUT2D eigenvalue weighted by Gasteiger charge is -2.29. The van der Waals surface area contributed by atoms with Gasteiger partial charge >= 0.3 is 0 Å². The van der Waals surface area contributed by atoms with Gasteiger partial charge in [-0.2, -0.15) is 0 Å². The predicted molar refractivity (Wildman–Crippen MR) is 318 cm³/mol. The third-order valence-corrected chi connectivity index (χ3v) is 13.0. The molecular weight excluding hydrogens is 901 g/mol. The largest absolute Gasteiger partial charge is 0.494 e. The molecule has 0 amide bonds. The van der Waals surface area contributed by atoms with E-state index in [0.717, 1.165) is 75.1 Å². The van der Waals surface area contributed by atoms with Crippen LogP contribution in [0.1, 0.15) is 251 Å². The third kappa shape index (κ3) is 25.4. The van der Waals surface area contributed by atoms with Crippen LogP contribution < -0.4 is 18.9 Å². The maximum absolute atomic E-state index is 6.04. The van der Waals surface area contributed by atoms with Crippen LogP contribution in [0, 0.1) is 52.4 Å². The first-order valence-corrected chi connectivity index (χ1v) is 27.5. The summed E-state index contributed by atoms with van der Waals surface area (Å²) in [7, 11) is 0. The summed E-state index contributed by atoms with van der Waals surface area (Å²) in [6.07, 6.45) is 4.34. The van der Waals surface area contributed by atoms with Crippen LogP contribution in [0.3, 0.4) is 0 Å². The summed E-state index contributed by atoms with van der Waals surface area (Å²) in [6.45, 7) is 59.6. The molecule has 0 spiro atoms. The highest BCUT2D eigenvalue weighted by atomic mass is 16.5. The molecule has 0 aliphatic heterocycles. The van der Waals surface area contributed by atoms with Crippen LogP contribution in [0.5, 0.6) is 23.0 Å². The molecule has 0 aromatic heterocycles. The summed E-state index contributed by atoms with van der Waals surface area (Å²) in [5.41, 5.74) is 13.2. The van der Waals surface area contributed by atoms with Crippen LogP contribution >= 0.6 is 0 Å². The van der Waals surface area contributed by atoms with Crippen molar-refractivity contribution in [2.24, 2.45) is 10.8 Å². The van der Waals surface area contributed by atoms with Gasteiger partial charge in [-0.1, -0.05) is 109 Å². The Kier molecular flexibility index (Phi) is 30.0. The molecule has 0 aliphatic carbocycles. The smallest absolute Gasteiger partial charge is 0.122 e. The van der Waals surface area contributed by atoms with Gasteiger partial charge in [-0.05, 0) is 243 Å². The molecule has 4 atom stereocenters. The molecule has 0 heterocycles. The summed E-state index contributed by atoms with van der Waals surface area (Å²) in [5, 5.41) is 0. The van der Waals surface area contributed by atoms with Crippen LogP contribution in [0.2, 0.25) is 0 Å². The minimum Gasteiger partial charge on any atom is -0.494 e. The Labute approximate surface area is 451 Å². The summed E-state index contributed by atoms with van der Waals surface area (Å²) in [4.78, 5) is 0. The number of rotatable bonds is 18. The van der Waals surface area contributed by atoms with E-state index < -0.39 is 0 Å². The maximum atomic E-state index is 6.04. The molecule has 6 heteroatoms. The van der Waals surface area contributed by atoms with Crippen LogP contribution in [0.25, 0.3) is 0 Å². The Morgan fingerprint density at radius 3 is 0.986 bits per heavy atom. The minimum atomic E-state index is -0.133. The van der Waals surface area contributed by atoms with E-state index in [4.69, 9.17) is 28.4 Å². The van der Waals surface area contributed by atoms with E-state index >= 15 is 0 Å². The SMILES string of the molecule is C.CCCOc1cc(C)c(C(C)C(C)(C)C)cc1C.CCCOc1cc(C)c(C(C)OC(C)(C)C)cc1C.CCCOc1ccc(C)c(C(C)C(C)(C)C)c1.CCCOc1ccc(C)c(C(C)OC(C)(C)C)c1. The molecule has 0 N–H and O–H groups in total. The topological polar surface area (TPSA) is 55.4 Å². The van der Waals surface area contributed by atoms with Gasteiger partial charge < -0.3 is 28.4 Å². The van der Waals surface area contributed by atoms with Crippen molar-refractivity contribution in [1.29, 1.82) is 0 Å². The zero-order chi connectivity index (χ0) is 55.4. The van der Waals surface area contributed by atoms with Crippen molar-refractivity contribution in [3.63, 3.8) is 0 Å². The lowest BCUT2D eigenvalue weighted by molar-refractivity contribution is -0.0536. The van der Waals surface area contributed by atoms with Gasteiger partial charge in [0.05, 0.1) is 49.8 Å². The fraction of sp³-hybridized carbons (Fsp3) is 0.642. The van der Waals surface area contributed by atoms with E-state index in [1.807, 2.05) is 6.07 Å². The molecule has 6 nitrogen and oxygen atoms in total. The van der Waals surface area contributed by atoms with Gasteiger partial charge in [0.15, 0.2) is 0 Å². The van der Waals surface area contributed by atoms with Crippen molar-refractivity contribution >= 4 is 0 Å². The van der Waals surface area contributed by atoms with Crippen molar-refractivity contribution in [2.45, 2.75) is 248 Å². The average Bonchev–Trinajstić information content (AvgIpc) is 3.27. The lowest BCUT2D eigenvalue weighted by Crippen LogP contribution is -2.21. The summed E-state index contributed by atoms with van der Waals surface area (Å²) < 4.78 is 35.0. The monoisotopic (exact) mass is 1010 g/mol. The van der Waals surface area contributed by atoms with Crippen LogP contribution in [-0.4, -0.2) is 37.6 Å². The number of hydrogen-bond donors (Lipinski definition) is 0. The first kappa shape index (κ1) is 69.0. The van der Waals surface area contributed by atoms with Gasteiger partial charge in [-0.15, -0.1) is 0 Å². The van der Waals surface area contributed by atoms with E-state index in [9.17, 15) is 0 Å². The van der Waals surface area contributed by atoms with Gasteiger partial charge in [0.25, 0.3) is 0 Å². The van der Waals surface area contributed by atoms with Crippen LogP contribution in [0.4, 0.5) is 0 Å². The normalized spacial score (nSPS) is 13.3. The van der Waals surface area contributed by atoms with Crippen molar-refractivity contribution in [3.8, 4) is 23.0 Å². The third-order valence-electron chi connectivity index (χ3n) is 13.0. The second kappa shape index (κ2) is 31.8. The Bertz CT molecular complexity index is 2170. The van der Waals surface area contributed by atoms with Crippen LogP contribution in [-0.2, 0) is 9.47 Å². The molecule has 0 radical (unpaired) electrons. The van der Waals surface area contributed by atoms with E-state index in [1.165, 1.54) is 55.6 Å². The van der Waals surface area contributed by atoms with E-state index in [2.05, 4.69) is 235 Å². The molecule has 73 heavy (non-hydrogen) atoms.